The van der Waals surface area contributed by atoms with E-state index in [0.29, 0.717) is 36.4 Å². The fraction of sp³-hybridized carbons (Fsp3) is 0.395. The molecule has 0 saturated carbocycles. The Morgan fingerprint density at radius 3 is 2.36 bits per heavy atom. The van der Waals surface area contributed by atoms with Gasteiger partial charge < -0.3 is 25.7 Å². The fourth-order valence-corrected chi connectivity index (χ4v) is 9.31. The highest BCUT2D eigenvalue weighted by Gasteiger charge is 2.37. The molecule has 0 aliphatic carbocycles. The number of carbonyl (C=O) groups excluding carboxylic acids is 1. The summed E-state index contributed by atoms with van der Waals surface area (Å²) in [5.74, 6) is -0.593. The molecule has 2 aliphatic rings. The average molecular weight is 853 g/mol. The minimum atomic E-state index is -4.32. The molecule has 1 atom stereocenters. The first-order valence-corrected chi connectivity index (χ1v) is 22.7. The standard InChI is InChI=1S/C38H48N10O7S3/c1-9-47(17-16-40-57(8,52)53)24-12-10-23(11-13-24)41-31-32(35(51)42-37(3,4)5)45-48-33(43-44-34(31)48)30-22(2)18-25(49)19-28(30)46-58(54,55)26-14-15-29(50)27(20-26)36-39-21-38(6,7)56-36/h10-15,18-20,36,39-40,46,49-50H,9,16-17,21H2,1-8H3,(H,42,51)/b41-31-. The van der Waals surface area contributed by atoms with Crippen molar-refractivity contribution in [3.63, 3.8) is 0 Å². The molecule has 310 valence electrons. The molecular weight excluding hydrogens is 805 g/mol. The number of phenolic OH excluding ortho intramolecular Hbond substituents is 2. The van der Waals surface area contributed by atoms with Crippen LogP contribution >= 0.6 is 11.8 Å². The summed E-state index contributed by atoms with van der Waals surface area (Å²) in [6.07, 6.45) is 1.11. The lowest BCUT2D eigenvalue weighted by molar-refractivity contribution is -0.115. The molecular formula is C38H48N10O7S3. The number of anilines is 2. The Labute approximate surface area is 342 Å². The lowest BCUT2D eigenvalue weighted by Crippen LogP contribution is -2.45. The number of fused-ring (bicyclic) bond motifs is 1. The third-order valence-corrected chi connectivity index (χ3v) is 12.6. The molecule has 1 saturated heterocycles. The summed E-state index contributed by atoms with van der Waals surface area (Å²) in [6.45, 7) is 15.2. The number of aromatic nitrogens is 3. The third-order valence-electron chi connectivity index (χ3n) is 9.09. The van der Waals surface area contributed by atoms with Crippen molar-refractivity contribution in [1.82, 2.24) is 30.2 Å². The normalized spacial score (nSPS) is 17.3. The summed E-state index contributed by atoms with van der Waals surface area (Å²) in [7, 11) is -7.65. The Kier molecular flexibility index (Phi) is 11.7. The van der Waals surface area contributed by atoms with Crippen molar-refractivity contribution >= 4 is 66.2 Å². The zero-order chi connectivity index (χ0) is 42.4. The second-order valence-corrected chi connectivity index (χ2v) is 21.0. The highest BCUT2D eigenvalue weighted by atomic mass is 32.2. The number of thioether (sulfide) groups is 1. The Hall–Kier alpha value is -5.02. The summed E-state index contributed by atoms with van der Waals surface area (Å²) in [4.78, 5) is 20.4. The Morgan fingerprint density at radius 1 is 1.05 bits per heavy atom. The third kappa shape index (κ3) is 9.63. The molecule has 2 aliphatic heterocycles. The highest BCUT2D eigenvalue weighted by Crippen LogP contribution is 2.45. The number of rotatable bonds is 13. The van der Waals surface area contributed by atoms with E-state index in [1.165, 1.54) is 35.0 Å². The lowest BCUT2D eigenvalue weighted by Gasteiger charge is -2.23. The zero-order valence-electron chi connectivity index (χ0n) is 33.4. The molecule has 58 heavy (non-hydrogen) atoms. The number of aromatic hydroxyl groups is 2. The summed E-state index contributed by atoms with van der Waals surface area (Å²) in [5.41, 5.74) is 1.79. The molecule has 17 nitrogen and oxygen atoms in total. The molecule has 4 aromatic rings. The Morgan fingerprint density at radius 2 is 1.74 bits per heavy atom. The van der Waals surface area contributed by atoms with E-state index >= 15 is 0 Å². The van der Waals surface area contributed by atoms with Gasteiger partial charge in [0, 0.05) is 59.3 Å². The van der Waals surface area contributed by atoms with Gasteiger partial charge in [0.2, 0.25) is 15.8 Å². The van der Waals surface area contributed by atoms with E-state index in [4.69, 9.17) is 4.99 Å². The first-order chi connectivity index (χ1) is 27.0. The van der Waals surface area contributed by atoms with Crippen LogP contribution in [0.1, 0.15) is 63.9 Å². The molecule has 1 amide bonds. The molecule has 20 heteroatoms. The molecule has 3 heterocycles. The average Bonchev–Trinajstić information content (AvgIpc) is 3.79. The maximum Gasteiger partial charge on any atom is 0.274 e. The largest absolute Gasteiger partial charge is 0.508 e. The van der Waals surface area contributed by atoms with Crippen molar-refractivity contribution in [1.29, 1.82) is 0 Å². The topological polar surface area (TPSA) is 233 Å². The van der Waals surface area contributed by atoms with Gasteiger partial charge in [0.1, 0.15) is 17.2 Å². The molecule has 0 spiro atoms. The minimum Gasteiger partial charge on any atom is -0.508 e. The summed E-state index contributed by atoms with van der Waals surface area (Å²) in [6, 6.07) is 13.9. The zero-order valence-corrected chi connectivity index (χ0v) is 35.9. The maximum atomic E-state index is 14.0. The quantitative estimate of drug-likeness (QED) is 0.111. The second kappa shape index (κ2) is 16.0. The lowest BCUT2D eigenvalue weighted by atomic mass is 10.1. The number of nitrogens with one attached hydrogen (secondary N) is 4. The van der Waals surface area contributed by atoms with Gasteiger partial charge >= 0.3 is 0 Å². The number of carbonyl (C=O) groups is 1. The number of sulfonamides is 2. The van der Waals surface area contributed by atoms with Gasteiger partial charge in [-0.3, -0.25) is 9.52 Å². The van der Waals surface area contributed by atoms with Gasteiger partial charge in [0.05, 0.1) is 27.9 Å². The number of amides is 1. The van der Waals surface area contributed by atoms with Crippen molar-refractivity contribution in [3.8, 4) is 22.9 Å². The van der Waals surface area contributed by atoms with Gasteiger partial charge in [-0.2, -0.15) is 9.78 Å². The van der Waals surface area contributed by atoms with Crippen LogP contribution in [0.4, 0.5) is 17.1 Å². The van der Waals surface area contributed by atoms with Gasteiger partial charge in [0.15, 0.2) is 11.5 Å². The Balaban J connectivity index is 1.37. The first kappa shape index (κ1) is 42.6. The van der Waals surface area contributed by atoms with Crippen molar-refractivity contribution in [2.24, 2.45) is 10.1 Å². The van der Waals surface area contributed by atoms with Crippen LogP contribution in [0.3, 0.4) is 0 Å². The van der Waals surface area contributed by atoms with Crippen LogP contribution in [0.25, 0.3) is 11.4 Å². The van der Waals surface area contributed by atoms with Gasteiger partial charge in [-0.05, 0) is 103 Å². The van der Waals surface area contributed by atoms with Crippen molar-refractivity contribution in [2.75, 3.05) is 42.1 Å². The van der Waals surface area contributed by atoms with Crippen molar-refractivity contribution < 1.29 is 31.8 Å². The number of hydrogen-bond donors (Lipinski definition) is 6. The molecule has 0 radical (unpaired) electrons. The molecule has 6 N–H and O–H groups in total. The van der Waals surface area contributed by atoms with E-state index in [-0.39, 0.29) is 67.4 Å². The van der Waals surface area contributed by atoms with Crippen LogP contribution in [-0.4, -0.2) is 102 Å². The van der Waals surface area contributed by atoms with E-state index in [0.717, 1.165) is 11.9 Å². The van der Waals surface area contributed by atoms with E-state index in [9.17, 15) is 31.8 Å². The summed E-state index contributed by atoms with van der Waals surface area (Å²) < 4.78 is 57.4. The van der Waals surface area contributed by atoms with Gasteiger partial charge in [0.25, 0.3) is 15.9 Å². The van der Waals surface area contributed by atoms with Crippen LogP contribution in [0.5, 0.6) is 11.5 Å². The SMILES string of the molecule is CCN(CCNS(C)(=O)=O)c1ccc(/N=C2/C(C(=O)NC(C)(C)C)=Nn3c2nnc3-c2c(C)cc(O)cc2NS(=O)(=O)c2ccc(O)c(C3NCC(C)(C)S3)c2)cc1. The molecule has 1 aromatic heterocycles. The van der Waals surface area contributed by atoms with Crippen LogP contribution in [0.2, 0.25) is 0 Å². The predicted octanol–water partition coefficient (Wildman–Crippen LogP) is 4.21. The number of aliphatic imine (C=N–C) groups is 1. The van der Waals surface area contributed by atoms with E-state index in [1.54, 1.807) is 30.8 Å². The van der Waals surface area contributed by atoms with Gasteiger partial charge in [-0.15, -0.1) is 22.0 Å². The maximum absolute atomic E-state index is 14.0. The van der Waals surface area contributed by atoms with E-state index in [2.05, 4.69) is 49.2 Å². The van der Waals surface area contributed by atoms with Crippen molar-refractivity contribution in [2.45, 2.75) is 69.0 Å². The van der Waals surface area contributed by atoms with Crippen LogP contribution in [-0.2, 0) is 24.8 Å². The summed E-state index contributed by atoms with van der Waals surface area (Å²) >= 11 is 1.58. The smallest absolute Gasteiger partial charge is 0.274 e. The monoisotopic (exact) mass is 852 g/mol. The van der Waals surface area contributed by atoms with Crippen LogP contribution < -0.4 is 25.0 Å². The van der Waals surface area contributed by atoms with Crippen LogP contribution in [0.15, 0.2) is 69.6 Å². The molecule has 1 fully saturated rings. The van der Waals surface area contributed by atoms with Crippen molar-refractivity contribution in [3.05, 3.63) is 71.5 Å². The number of phenols is 2. The predicted molar refractivity (Wildman–Crippen MR) is 227 cm³/mol. The van der Waals surface area contributed by atoms with Gasteiger partial charge in [-0.25, -0.2) is 26.6 Å². The number of aryl methyl sites for hydroxylation is 1. The first-order valence-electron chi connectivity index (χ1n) is 18.4. The molecule has 3 aromatic carbocycles. The van der Waals surface area contributed by atoms with E-state index in [1.807, 2.05) is 44.7 Å². The minimum absolute atomic E-state index is 0.0269. The van der Waals surface area contributed by atoms with E-state index < -0.39 is 31.5 Å². The summed E-state index contributed by atoms with van der Waals surface area (Å²) in [5, 5.41) is 40.7. The number of likely N-dealkylation sites (N-methyl/N-ethyl adjacent to an activating group) is 1. The van der Waals surface area contributed by atoms with Gasteiger partial charge in [-0.1, -0.05) is 0 Å². The molecule has 0 bridgehead atoms. The number of hydrogen-bond acceptors (Lipinski definition) is 14. The molecule has 6 rings (SSSR count). The molecule has 1 unspecified atom stereocenters. The fourth-order valence-electron chi connectivity index (χ4n) is 6.46. The number of nitrogens with zero attached hydrogens (tertiary/aromatic N) is 6. The number of benzene rings is 3. The second-order valence-electron chi connectivity index (χ2n) is 15.7. The van der Waals surface area contributed by atoms with Crippen LogP contribution in [0, 0.1) is 6.92 Å². The highest BCUT2D eigenvalue weighted by molar-refractivity contribution is 8.01. The Bertz CT molecular complexity index is 2530.